The van der Waals surface area contributed by atoms with Gasteiger partial charge in [0.1, 0.15) is 6.10 Å². The predicted octanol–water partition coefficient (Wildman–Crippen LogP) is 5.54. The Morgan fingerprint density at radius 2 is 2.03 bits per heavy atom. The van der Waals surface area contributed by atoms with Crippen LogP contribution in [0.25, 0.3) is 0 Å². The van der Waals surface area contributed by atoms with Crippen molar-refractivity contribution in [1.29, 1.82) is 0 Å². The summed E-state index contributed by atoms with van der Waals surface area (Å²) in [6, 6.07) is 16.5. The van der Waals surface area contributed by atoms with Gasteiger partial charge in [-0.25, -0.2) is 4.98 Å². The fraction of sp³-hybridized carbons (Fsp3) is 0.250. The largest absolute Gasteiger partial charge is 0.480 e. The van der Waals surface area contributed by atoms with Crippen molar-refractivity contribution >= 4 is 34.9 Å². The van der Waals surface area contributed by atoms with Gasteiger partial charge in [0, 0.05) is 56.3 Å². The SMILES string of the molecule is COc1cnc(C(C)Nc2ccc3c(c2)Sc2cccc(C4CN(c5cc[nH]c(=O)c5)CCO4)c2S3)cn1. The molecule has 1 saturated heterocycles. The van der Waals surface area contributed by atoms with Gasteiger partial charge in [-0.2, -0.15) is 0 Å². The van der Waals surface area contributed by atoms with Gasteiger partial charge in [0.05, 0.1) is 37.8 Å². The number of nitrogens with zero attached hydrogens (tertiary/aromatic N) is 3. The van der Waals surface area contributed by atoms with Crippen LogP contribution in [0.15, 0.2) is 91.5 Å². The summed E-state index contributed by atoms with van der Waals surface area (Å²) in [7, 11) is 1.58. The third-order valence-corrected chi connectivity index (χ3v) is 9.22. The molecule has 0 amide bonds. The molecule has 194 valence electrons. The van der Waals surface area contributed by atoms with E-state index >= 15 is 0 Å². The van der Waals surface area contributed by atoms with Gasteiger partial charge in [0.2, 0.25) is 11.4 Å². The minimum Gasteiger partial charge on any atom is -0.480 e. The van der Waals surface area contributed by atoms with Gasteiger partial charge in [-0.1, -0.05) is 35.7 Å². The zero-order valence-corrected chi connectivity index (χ0v) is 22.6. The van der Waals surface area contributed by atoms with E-state index in [4.69, 9.17) is 9.47 Å². The summed E-state index contributed by atoms with van der Waals surface area (Å²) in [6.07, 6.45) is 5.00. The van der Waals surface area contributed by atoms with E-state index in [2.05, 4.69) is 68.5 Å². The maximum Gasteiger partial charge on any atom is 0.249 e. The summed E-state index contributed by atoms with van der Waals surface area (Å²) < 4.78 is 11.4. The summed E-state index contributed by atoms with van der Waals surface area (Å²) >= 11 is 3.57. The highest BCUT2D eigenvalue weighted by Gasteiger charge is 2.28. The minimum absolute atomic E-state index is 0.00168. The number of methoxy groups -OCH3 is 1. The lowest BCUT2D eigenvalue weighted by atomic mass is 10.1. The van der Waals surface area contributed by atoms with Crippen LogP contribution >= 0.6 is 23.5 Å². The van der Waals surface area contributed by atoms with Crippen molar-refractivity contribution in [2.24, 2.45) is 0 Å². The monoisotopic (exact) mass is 545 g/mol. The summed E-state index contributed by atoms with van der Waals surface area (Å²) in [6.45, 7) is 4.14. The molecule has 2 unspecified atom stereocenters. The van der Waals surface area contributed by atoms with Gasteiger partial charge < -0.3 is 24.7 Å². The van der Waals surface area contributed by atoms with Crippen molar-refractivity contribution in [2.45, 2.75) is 38.7 Å². The van der Waals surface area contributed by atoms with E-state index in [0.29, 0.717) is 19.0 Å². The number of hydrogen-bond donors (Lipinski definition) is 2. The minimum atomic E-state index is -0.0913. The van der Waals surface area contributed by atoms with E-state index in [-0.39, 0.29) is 17.7 Å². The van der Waals surface area contributed by atoms with Crippen LogP contribution in [0.2, 0.25) is 0 Å². The van der Waals surface area contributed by atoms with E-state index in [9.17, 15) is 4.79 Å². The molecule has 2 N–H and O–H groups in total. The molecule has 0 aliphatic carbocycles. The Bertz CT molecular complexity index is 1510. The second-order valence-electron chi connectivity index (χ2n) is 9.11. The molecule has 4 heterocycles. The van der Waals surface area contributed by atoms with Crippen LogP contribution in [0, 0.1) is 0 Å². The number of fused-ring (bicyclic) bond motifs is 2. The van der Waals surface area contributed by atoms with E-state index in [1.54, 1.807) is 55.3 Å². The van der Waals surface area contributed by atoms with E-state index in [1.165, 1.54) is 25.1 Å². The average Bonchev–Trinajstić information content (AvgIpc) is 2.96. The average molecular weight is 546 g/mol. The summed E-state index contributed by atoms with van der Waals surface area (Å²) in [4.78, 5) is 30.4. The molecule has 1 fully saturated rings. The molecule has 2 aromatic carbocycles. The maximum absolute atomic E-state index is 11.8. The Morgan fingerprint density at radius 1 is 1.11 bits per heavy atom. The van der Waals surface area contributed by atoms with E-state index < -0.39 is 0 Å². The second kappa shape index (κ2) is 10.7. The van der Waals surface area contributed by atoms with Gasteiger partial charge >= 0.3 is 0 Å². The molecule has 2 aliphatic heterocycles. The first-order chi connectivity index (χ1) is 18.6. The Labute approximate surface area is 229 Å². The second-order valence-corrected chi connectivity index (χ2v) is 11.2. The van der Waals surface area contributed by atoms with Crippen LogP contribution in [0.3, 0.4) is 0 Å². The molecule has 0 saturated carbocycles. The molecule has 10 heteroatoms. The number of aromatic nitrogens is 3. The Morgan fingerprint density at radius 3 is 2.84 bits per heavy atom. The Hall–Kier alpha value is -3.47. The van der Waals surface area contributed by atoms with Crippen molar-refractivity contribution in [1.82, 2.24) is 15.0 Å². The van der Waals surface area contributed by atoms with Crippen molar-refractivity contribution in [2.75, 3.05) is 37.0 Å². The smallest absolute Gasteiger partial charge is 0.249 e. The van der Waals surface area contributed by atoms with Gasteiger partial charge in [-0.3, -0.25) is 9.78 Å². The molecule has 2 atom stereocenters. The lowest BCUT2D eigenvalue weighted by Gasteiger charge is -2.36. The van der Waals surface area contributed by atoms with Gasteiger partial charge in [0.25, 0.3) is 0 Å². The number of ether oxygens (including phenoxy) is 2. The Kier molecular flexibility index (Phi) is 7.01. The number of hydrogen-bond acceptors (Lipinski definition) is 9. The summed E-state index contributed by atoms with van der Waals surface area (Å²) in [5.41, 5.74) is 3.91. The number of aromatic amines is 1. The lowest BCUT2D eigenvalue weighted by molar-refractivity contribution is 0.0379. The highest BCUT2D eigenvalue weighted by Crippen LogP contribution is 2.52. The molecular formula is C28H27N5O3S2. The number of anilines is 2. The van der Waals surface area contributed by atoms with Gasteiger partial charge in [-0.15, -0.1) is 0 Å². The van der Waals surface area contributed by atoms with Crippen LogP contribution < -0.4 is 20.5 Å². The molecule has 8 nitrogen and oxygen atoms in total. The topological polar surface area (TPSA) is 92.4 Å². The highest BCUT2D eigenvalue weighted by atomic mass is 32.2. The molecule has 0 bridgehead atoms. The number of rotatable bonds is 6. The number of nitrogens with one attached hydrogen (secondary N) is 2. The molecule has 4 aromatic rings. The lowest BCUT2D eigenvalue weighted by Crippen LogP contribution is -2.39. The normalized spacial score (nSPS) is 17.3. The molecule has 0 radical (unpaired) electrons. The number of H-pyrrole nitrogens is 1. The zero-order valence-electron chi connectivity index (χ0n) is 21.0. The quantitative estimate of drug-likeness (QED) is 0.285. The third-order valence-electron chi connectivity index (χ3n) is 6.61. The standard InChI is InChI=1S/C28H27N5O3S2/c1-17(21-14-31-27(35-2)15-30-21)32-18-6-7-23-25(12-18)37-24-5-3-4-20(28(24)38-23)22-16-33(10-11-36-22)19-8-9-29-26(34)13-19/h3-9,12-15,17,22,32H,10-11,16H2,1-2H3,(H,29,34). The van der Waals surface area contributed by atoms with Gasteiger partial charge in [-0.05, 0) is 42.8 Å². The zero-order chi connectivity index (χ0) is 26.1. The predicted molar refractivity (Wildman–Crippen MR) is 150 cm³/mol. The van der Waals surface area contributed by atoms with Crippen molar-refractivity contribution in [3.63, 3.8) is 0 Å². The van der Waals surface area contributed by atoms with E-state index in [1.807, 2.05) is 6.07 Å². The first-order valence-electron chi connectivity index (χ1n) is 12.4. The number of pyridine rings is 1. The fourth-order valence-electron chi connectivity index (χ4n) is 4.65. The first-order valence-corrected chi connectivity index (χ1v) is 14.0. The number of benzene rings is 2. The molecule has 0 spiro atoms. The molecular weight excluding hydrogens is 518 g/mol. The van der Waals surface area contributed by atoms with Crippen LogP contribution in [-0.4, -0.2) is 41.8 Å². The number of morpholine rings is 1. The van der Waals surface area contributed by atoms with Crippen LogP contribution in [0.4, 0.5) is 11.4 Å². The van der Waals surface area contributed by atoms with Crippen molar-refractivity contribution in [3.8, 4) is 5.88 Å². The van der Waals surface area contributed by atoms with Crippen LogP contribution in [0.1, 0.15) is 30.3 Å². The fourth-order valence-corrected chi connectivity index (χ4v) is 7.10. The summed E-state index contributed by atoms with van der Waals surface area (Å²) in [5.74, 6) is 0.503. The van der Waals surface area contributed by atoms with Crippen LogP contribution in [-0.2, 0) is 4.74 Å². The van der Waals surface area contributed by atoms with E-state index in [0.717, 1.165) is 23.6 Å². The van der Waals surface area contributed by atoms with Crippen LogP contribution in [0.5, 0.6) is 5.88 Å². The first kappa shape index (κ1) is 24.8. The highest BCUT2D eigenvalue weighted by molar-refractivity contribution is 8.05. The van der Waals surface area contributed by atoms with Crippen molar-refractivity contribution < 1.29 is 9.47 Å². The molecule has 2 aliphatic rings. The Balaban J connectivity index is 1.20. The molecule has 6 rings (SSSR count). The molecule has 38 heavy (non-hydrogen) atoms. The maximum atomic E-state index is 11.8. The third kappa shape index (κ3) is 5.11. The summed E-state index contributed by atoms with van der Waals surface area (Å²) in [5, 5.41) is 3.54. The van der Waals surface area contributed by atoms with Crippen molar-refractivity contribution in [3.05, 3.63) is 88.7 Å². The molecule has 2 aromatic heterocycles. The van der Waals surface area contributed by atoms with Gasteiger partial charge in [0.15, 0.2) is 0 Å².